The van der Waals surface area contributed by atoms with Gasteiger partial charge in [0.15, 0.2) is 0 Å². The van der Waals surface area contributed by atoms with Gasteiger partial charge in [0.1, 0.15) is 13.8 Å². The molecular formula is C12H16OSi. The molecule has 0 aromatic carbocycles. The standard InChI is InChI=1S/C12H16OSi/c1-14(2,3)11-7-9-12-8-5-4-6-10-13-12/h4-6,8,10H,9H2,1-3H3. The molecule has 0 saturated heterocycles. The number of ether oxygens (including phenoxy) is 1. The van der Waals surface area contributed by atoms with Gasteiger partial charge in [-0.15, -0.1) is 11.5 Å². The molecule has 2 heteroatoms. The highest BCUT2D eigenvalue weighted by Crippen LogP contribution is 2.07. The van der Waals surface area contributed by atoms with E-state index in [1.165, 1.54) is 0 Å². The Kier molecular flexibility index (Phi) is 3.79. The maximum Gasteiger partial charge on any atom is 0.129 e. The molecule has 14 heavy (non-hydrogen) atoms. The second-order valence-electron chi connectivity index (χ2n) is 4.19. The zero-order chi connectivity index (χ0) is 10.4. The van der Waals surface area contributed by atoms with Crippen molar-refractivity contribution in [3.63, 3.8) is 0 Å². The quantitative estimate of drug-likeness (QED) is 0.470. The van der Waals surface area contributed by atoms with Crippen LogP contribution in [-0.4, -0.2) is 8.07 Å². The van der Waals surface area contributed by atoms with Crippen LogP contribution in [0.3, 0.4) is 0 Å². The first-order chi connectivity index (χ1) is 6.58. The van der Waals surface area contributed by atoms with E-state index in [2.05, 4.69) is 31.1 Å². The predicted octanol–water partition coefficient (Wildman–Crippen LogP) is 3.24. The van der Waals surface area contributed by atoms with Crippen LogP contribution in [-0.2, 0) is 4.74 Å². The number of hydrogen-bond donors (Lipinski definition) is 0. The van der Waals surface area contributed by atoms with Crippen molar-refractivity contribution in [3.8, 4) is 11.5 Å². The minimum absolute atomic E-state index is 0.707. The Morgan fingerprint density at radius 3 is 2.71 bits per heavy atom. The SMILES string of the molecule is C[Si](C)(C)C#CCC1=CC=CC=CO1. The Labute approximate surface area is 87.2 Å². The monoisotopic (exact) mass is 204 g/mol. The van der Waals surface area contributed by atoms with E-state index < -0.39 is 8.07 Å². The molecule has 0 atom stereocenters. The fourth-order valence-corrected chi connectivity index (χ4v) is 1.55. The average Bonchev–Trinajstić information content (AvgIpc) is 2.30. The smallest absolute Gasteiger partial charge is 0.129 e. The molecule has 0 aliphatic carbocycles. The molecule has 0 amide bonds. The van der Waals surface area contributed by atoms with Gasteiger partial charge >= 0.3 is 0 Å². The predicted molar refractivity (Wildman–Crippen MR) is 63.2 cm³/mol. The molecule has 0 spiro atoms. The van der Waals surface area contributed by atoms with E-state index in [9.17, 15) is 0 Å². The van der Waals surface area contributed by atoms with E-state index in [0.717, 1.165) is 5.76 Å². The summed E-state index contributed by atoms with van der Waals surface area (Å²) in [6.07, 6.45) is 10.1. The Balaban J connectivity index is 2.52. The molecule has 1 nitrogen and oxygen atoms in total. The third-order valence-electron chi connectivity index (χ3n) is 1.53. The summed E-state index contributed by atoms with van der Waals surface area (Å²) in [5.74, 6) is 4.09. The molecule has 1 aliphatic rings. The first-order valence-electron chi connectivity index (χ1n) is 4.77. The maximum atomic E-state index is 5.35. The van der Waals surface area contributed by atoms with Gasteiger partial charge in [0.05, 0.1) is 12.7 Å². The number of hydrogen-bond acceptors (Lipinski definition) is 1. The summed E-state index contributed by atoms with van der Waals surface area (Å²) in [6, 6.07) is 0. The maximum absolute atomic E-state index is 5.35. The van der Waals surface area contributed by atoms with Crippen LogP contribution in [0.1, 0.15) is 6.42 Å². The van der Waals surface area contributed by atoms with Gasteiger partial charge in [-0.3, -0.25) is 0 Å². The third-order valence-corrected chi connectivity index (χ3v) is 2.46. The van der Waals surface area contributed by atoms with E-state index >= 15 is 0 Å². The molecule has 0 bridgehead atoms. The van der Waals surface area contributed by atoms with Crippen molar-refractivity contribution < 1.29 is 4.74 Å². The molecule has 1 rings (SSSR count). The van der Waals surface area contributed by atoms with E-state index in [4.69, 9.17) is 4.74 Å². The van der Waals surface area contributed by atoms with Crippen LogP contribution < -0.4 is 0 Å². The molecule has 0 saturated carbocycles. The molecule has 1 aliphatic heterocycles. The van der Waals surface area contributed by atoms with Gasteiger partial charge in [-0.1, -0.05) is 31.8 Å². The lowest BCUT2D eigenvalue weighted by Crippen LogP contribution is -2.16. The Morgan fingerprint density at radius 2 is 2.00 bits per heavy atom. The molecule has 0 radical (unpaired) electrons. The lowest BCUT2D eigenvalue weighted by Gasteiger charge is -2.04. The molecule has 0 aromatic heterocycles. The highest BCUT2D eigenvalue weighted by atomic mass is 28.3. The molecule has 0 fully saturated rings. The van der Waals surface area contributed by atoms with Crippen molar-refractivity contribution in [3.05, 3.63) is 36.3 Å². The zero-order valence-corrected chi connectivity index (χ0v) is 10.0. The van der Waals surface area contributed by atoms with Gasteiger partial charge < -0.3 is 4.74 Å². The average molecular weight is 204 g/mol. The van der Waals surface area contributed by atoms with Crippen LogP contribution >= 0.6 is 0 Å². The van der Waals surface area contributed by atoms with Crippen LogP contribution in [0.4, 0.5) is 0 Å². The second-order valence-corrected chi connectivity index (χ2v) is 8.94. The summed E-state index contributed by atoms with van der Waals surface area (Å²) in [6.45, 7) is 6.71. The number of rotatable bonds is 1. The Bertz CT molecular complexity index is 332. The molecule has 0 aromatic rings. The van der Waals surface area contributed by atoms with Crippen LogP contribution in [0.5, 0.6) is 0 Å². The van der Waals surface area contributed by atoms with Crippen molar-refractivity contribution in [2.24, 2.45) is 0 Å². The van der Waals surface area contributed by atoms with E-state index in [0.29, 0.717) is 6.42 Å². The molecule has 0 unspecified atom stereocenters. The third kappa shape index (κ3) is 4.73. The summed E-state index contributed by atoms with van der Waals surface area (Å²) in [7, 11) is -1.23. The second kappa shape index (κ2) is 4.87. The largest absolute Gasteiger partial charge is 0.468 e. The van der Waals surface area contributed by atoms with E-state index in [-0.39, 0.29) is 0 Å². The Morgan fingerprint density at radius 1 is 1.21 bits per heavy atom. The summed E-state index contributed by atoms with van der Waals surface area (Å²) in [5, 5.41) is 0. The van der Waals surface area contributed by atoms with Crippen LogP contribution in [0, 0.1) is 11.5 Å². The summed E-state index contributed by atoms with van der Waals surface area (Å²) in [4.78, 5) is 0. The molecule has 0 N–H and O–H groups in total. The normalized spacial score (nSPS) is 14.9. The molecular weight excluding hydrogens is 188 g/mol. The van der Waals surface area contributed by atoms with E-state index in [1.54, 1.807) is 6.26 Å². The van der Waals surface area contributed by atoms with Gasteiger partial charge in [0.2, 0.25) is 0 Å². The Hall–Kier alpha value is -1.20. The van der Waals surface area contributed by atoms with Crippen LogP contribution in [0.25, 0.3) is 0 Å². The molecule has 74 valence electrons. The van der Waals surface area contributed by atoms with Gasteiger partial charge in [0, 0.05) is 0 Å². The van der Waals surface area contributed by atoms with Crippen molar-refractivity contribution in [1.29, 1.82) is 0 Å². The fourth-order valence-electron chi connectivity index (χ4n) is 0.935. The van der Waals surface area contributed by atoms with Gasteiger partial charge in [-0.25, -0.2) is 0 Å². The summed E-state index contributed by atoms with van der Waals surface area (Å²) >= 11 is 0. The topological polar surface area (TPSA) is 9.23 Å². The lowest BCUT2D eigenvalue weighted by molar-refractivity contribution is 0.345. The first-order valence-corrected chi connectivity index (χ1v) is 8.27. The summed E-state index contributed by atoms with van der Waals surface area (Å²) < 4.78 is 5.35. The highest BCUT2D eigenvalue weighted by Gasteiger charge is 2.07. The van der Waals surface area contributed by atoms with Gasteiger partial charge in [-0.2, -0.15) is 0 Å². The van der Waals surface area contributed by atoms with Gasteiger partial charge in [-0.05, 0) is 12.2 Å². The van der Waals surface area contributed by atoms with Crippen LogP contribution in [0.2, 0.25) is 19.6 Å². The van der Waals surface area contributed by atoms with Gasteiger partial charge in [0.25, 0.3) is 0 Å². The lowest BCUT2D eigenvalue weighted by atomic mass is 10.3. The van der Waals surface area contributed by atoms with Crippen molar-refractivity contribution in [2.75, 3.05) is 0 Å². The minimum atomic E-state index is -1.23. The van der Waals surface area contributed by atoms with Crippen molar-refractivity contribution in [1.82, 2.24) is 0 Å². The summed E-state index contributed by atoms with van der Waals surface area (Å²) in [5.41, 5.74) is 3.31. The van der Waals surface area contributed by atoms with Crippen LogP contribution in [0.15, 0.2) is 36.3 Å². The minimum Gasteiger partial charge on any atom is -0.468 e. The van der Waals surface area contributed by atoms with Crippen molar-refractivity contribution >= 4 is 8.07 Å². The van der Waals surface area contributed by atoms with E-state index in [1.807, 2.05) is 24.3 Å². The fraction of sp³-hybridized carbons (Fsp3) is 0.333. The highest BCUT2D eigenvalue weighted by molar-refractivity contribution is 6.83. The number of allylic oxidation sites excluding steroid dienone is 5. The zero-order valence-electron chi connectivity index (χ0n) is 9.00. The van der Waals surface area contributed by atoms with Crippen molar-refractivity contribution in [2.45, 2.75) is 26.1 Å². The first kappa shape index (κ1) is 10.9. The molecule has 1 heterocycles.